The molecule has 1 N–H and O–H groups in total. The molecule has 0 unspecified atom stereocenters. The number of nitrogens with one attached hydrogen (secondary N) is 1. The average molecular weight is 336 g/mol. The molecule has 0 radical (unpaired) electrons. The van der Waals surface area contributed by atoms with Crippen molar-refractivity contribution in [2.45, 2.75) is 0 Å². The molecule has 0 saturated carbocycles. The van der Waals surface area contributed by atoms with E-state index < -0.39 is 0 Å². The summed E-state index contributed by atoms with van der Waals surface area (Å²) in [4.78, 5) is 12.3. The lowest BCUT2D eigenvalue weighted by Crippen LogP contribution is -2.13. The molecule has 2 aromatic carbocycles. The first kappa shape index (κ1) is 14.4. The van der Waals surface area contributed by atoms with E-state index in [1.54, 1.807) is 44.6 Å². The number of methoxy groups -OCH3 is 2. The first-order valence-electron chi connectivity index (χ1n) is 5.93. The number of benzene rings is 2. The lowest BCUT2D eigenvalue weighted by atomic mass is 10.2. The van der Waals surface area contributed by atoms with E-state index in [4.69, 9.17) is 9.47 Å². The first-order chi connectivity index (χ1) is 9.65. The van der Waals surface area contributed by atoms with Gasteiger partial charge in [0.05, 0.1) is 25.5 Å². The van der Waals surface area contributed by atoms with Crippen molar-refractivity contribution in [2.75, 3.05) is 19.5 Å². The second-order valence-corrected chi connectivity index (χ2v) is 4.85. The summed E-state index contributed by atoms with van der Waals surface area (Å²) < 4.78 is 11.0. The smallest absolute Gasteiger partial charge is 0.257 e. The number of carbonyl (C=O) groups excluding carboxylic acids is 1. The predicted molar refractivity (Wildman–Crippen MR) is 81.6 cm³/mol. The fraction of sp³-hybridized carbons (Fsp3) is 0.133. The number of para-hydroxylation sites is 2. The highest BCUT2D eigenvalue weighted by Gasteiger charge is 2.13. The Balaban J connectivity index is 2.28. The summed E-state index contributed by atoms with van der Waals surface area (Å²) in [6.45, 7) is 0. The van der Waals surface area contributed by atoms with Crippen molar-refractivity contribution in [3.63, 3.8) is 0 Å². The van der Waals surface area contributed by atoms with Gasteiger partial charge in [-0.3, -0.25) is 4.79 Å². The summed E-state index contributed by atoms with van der Waals surface area (Å²) in [6.07, 6.45) is 0. The highest BCUT2D eigenvalue weighted by atomic mass is 79.9. The maximum absolute atomic E-state index is 12.3. The summed E-state index contributed by atoms with van der Waals surface area (Å²) in [5.74, 6) is 0.999. The second-order valence-electron chi connectivity index (χ2n) is 4.00. The molecule has 0 aliphatic heterocycles. The predicted octanol–water partition coefficient (Wildman–Crippen LogP) is 3.72. The third-order valence-corrected chi connectivity index (χ3v) is 3.46. The number of hydrogen-bond acceptors (Lipinski definition) is 3. The zero-order valence-electron chi connectivity index (χ0n) is 11.1. The van der Waals surface area contributed by atoms with Crippen molar-refractivity contribution in [2.24, 2.45) is 0 Å². The van der Waals surface area contributed by atoms with Crippen molar-refractivity contribution in [3.8, 4) is 11.5 Å². The van der Waals surface area contributed by atoms with Crippen LogP contribution in [0.1, 0.15) is 10.4 Å². The van der Waals surface area contributed by atoms with Crippen LogP contribution in [-0.2, 0) is 0 Å². The molecule has 0 aliphatic carbocycles. The molecule has 5 heteroatoms. The van der Waals surface area contributed by atoms with Gasteiger partial charge in [-0.05, 0) is 46.3 Å². The van der Waals surface area contributed by atoms with Crippen LogP contribution in [0.2, 0.25) is 0 Å². The van der Waals surface area contributed by atoms with Gasteiger partial charge >= 0.3 is 0 Å². The molecule has 2 aromatic rings. The number of ether oxygens (including phenoxy) is 2. The van der Waals surface area contributed by atoms with Crippen molar-refractivity contribution in [3.05, 3.63) is 52.5 Å². The van der Waals surface area contributed by atoms with Crippen LogP contribution in [0.4, 0.5) is 5.69 Å². The van der Waals surface area contributed by atoms with E-state index >= 15 is 0 Å². The Labute approximate surface area is 125 Å². The van der Waals surface area contributed by atoms with Gasteiger partial charge < -0.3 is 14.8 Å². The minimum atomic E-state index is -0.236. The van der Waals surface area contributed by atoms with Crippen molar-refractivity contribution in [1.29, 1.82) is 0 Å². The largest absolute Gasteiger partial charge is 0.497 e. The molecule has 0 aromatic heterocycles. The van der Waals surface area contributed by atoms with Crippen LogP contribution in [0.25, 0.3) is 0 Å². The van der Waals surface area contributed by atoms with E-state index in [2.05, 4.69) is 21.2 Å². The van der Waals surface area contributed by atoms with Gasteiger partial charge in [-0.25, -0.2) is 0 Å². The topological polar surface area (TPSA) is 47.6 Å². The lowest BCUT2D eigenvalue weighted by molar-refractivity contribution is 0.102. The average Bonchev–Trinajstić information content (AvgIpc) is 2.48. The van der Waals surface area contributed by atoms with Gasteiger partial charge in [0.25, 0.3) is 5.91 Å². The third-order valence-electron chi connectivity index (χ3n) is 2.77. The lowest BCUT2D eigenvalue weighted by Gasteiger charge is -2.11. The molecule has 0 aliphatic rings. The molecule has 1 amide bonds. The first-order valence-corrected chi connectivity index (χ1v) is 6.73. The molecule has 104 valence electrons. The molecule has 4 nitrogen and oxygen atoms in total. The van der Waals surface area contributed by atoms with Gasteiger partial charge in [0.2, 0.25) is 0 Å². The van der Waals surface area contributed by atoms with E-state index in [-0.39, 0.29) is 5.91 Å². The molecule has 0 spiro atoms. The second kappa shape index (κ2) is 6.43. The Kier molecular flexibility index (Phi) is 4.63. The number of rotatable bonds is 4. The van der Waals surface area contributed by atoms with Gasteiger partial charge in [-0.15, -0.1) is 0 Å². The summed E-state index contributed by atoms with van der Waals surface area (Å²) in [5.41, 5.74) is 1.12. The fourth-order valence-corrected chi connectivity index (χ4v) is 2.17. The van der Waals surface area contributed by atoms with Crippen LogP contribution in [0, 0.1) is 0 Å². The molecule has 0 atom stereocenters. The monoisotopic (exact) mass is 335 g/mol. The van der Waals surface area contributed by atoms with Gasteiger partial charge in [0.1, 0.15) is 11.5 Å². The van der Waals surface area contributed by atoms with Gasteiger partial charge in [-0.2, -0.15) is 0 Å². The number of carbonyl (C=O) groups is 1. The quantitative estimate of drug-likeness (QED) is 0.926. The highest BCUT2D eigenvalue weighted by Crippen LogP contribution is 2.27. The molecule has 0 bridgehead atoms. The molecule has 20 heavy (non-hydrogen) atoms. The van der Waals surface area contributed by atoms with E-state index in [1.807, 2.05) is 12.1 Å². The molecular weight excluding hydrogens is 322 g/mol. The highest BCUT2D eigenvalue weighted by molar-refractivity contribution is 9.10. The van der Waals surface area contributed by atoms with E-state index in [0.717, 1.165) is 0 Å². The minimum Gasteiger partial charge on any atom is -0.497 e. The maximum atomic E-state index is 12.3. The van der Waals surface area contributed by atoms with Gasteiger partial charge in [0, 0.05) is 4.47 Å². The van der Waals surface area contributed by atoms with Crippen LogP contribution in [0.3, 0.4) is 0 Å². The molecule has 2 rings (SSSR count). The standard InChI is InChI=1S/C15H14BrNO3/c1-19-10-7-8-12(16)11(9-10)15(18)17-13-5-3-4-6-14(13)20-2/h3-9H,1-2H3,(H,17,18). The van der Waals surface area contributed by atoms with Gasteiger partial charge in [0.15, 0.2) is 0 Å². The zero-order valence-corrected chi connectivity index (χ0v) is 12.7. The summed E-state index contributed by atoms with van der Waals surface area (Å²) in [5, 5.41) is 2.82. The number of hydrogen-bond donors (Lipinski definition) is 1. The fourth-order valence-electron chi connectivity index (χ4n) is 1.74. The van der Waals surface area contributed by atoms with Crippen LogP contribution >= 0.6 is 15.9 Å². The third kappa shape index (κ3) is 3.11. The van der Waals surface area contributed by atoms with Crippen LogP contribution in [0.5, 0.6) is 11.5 Å². The molecule has 0 heterocycles. The van der Waals surface area contributed by atoms with Crippen molar-refractivity contribution < 1.29 is 14.3 Å². The number of anilines is 1. The zero-order chi connectivity index (χ0) is 14.5. The molecule has 0 saturated heterocycles. The molecule has 0 fully saturated rings. The van der Waals surface area contributed by atoms with Crippen molar-refractivity contribution in [1.82, 2.24) is 0 Å². The Morgan fingerprint density at radius 3 is 2.55 bits per heavy atom. The van der Waals surface area contributed by atoms with Crippen LogP contribution in [0.15, 0.2) is 46.9 Å². The minimum absolute atomic E-state index is 0.236. The van der Waals surface area contributed by atoms with E-state index in [9.17, 15) is 4.79 Å². The Bertz CT molecular complexity index is 628. The SMILES string of the molecule is COc1ccc(Br)c(C(=O)Nc2ccccc2OC)c1. The summed E-state index contributed by atoms with van der Waals surface area (Å²) in [7, 11) is 3.12. The normalized spacial score (nSPS) is 9.95. The summed E-state index contributed by atoms with van der Waals surface area (Å²) in [6, 6.07) is 12.5. The van der Waals surface area contributed by atoms with Crippen molar-refractivity contribution >= 4 is 27.5 Å². The Morgan fingerprint density at radius 1 is 1.10 bits per heavy atom. The van der Waals surface area contributed by atoms with E-state index in [0.29, 0.717) is 27.2 Å². The van der Waals surface area contributed by atoms with Crippen LogP contribution < -0.4 is 14.8 Å². The summed E-state index contributed by atoms with van der Waals surface area (Å²) >= 11 is 3.36. The van der Waals surface area contributed by atoms with Crippen LogP contribution in [-0.4, -0.2) is 20.1 Å². The number of halogens is 1. The number of amides is 1. The Hall–Kier alpha value is -2.01. The van der Waals surface area contributed by atoms with Gasteiger partial charge in [-0.1, -0.05) is 12.1 Å². The Morgan fingerprint density at radius 2 is 1.85 bits per heavy atom. The van der Waals surface area contributed by atoms with E-state index in [1.165, 1.54) is 0 Å². The molecular formula is C15H14BrNO3. The maximum Gasteiger partial charge on any atom is 0.257 e.